The molecule has 0 aromatic carbocycles. The molecule has 58 valence electrons. The van der Waals surface area contributed by atoms with Gasteiger partial charge in [-0.3, -0.25) is 0 Å². The minimum Gasteiger partial charge on any atom is -0.310 e. The van der Waals surface area contributed by atoms with Crippen molar-refractivity contribution < 1.29 is 0 Å². The summed E-state index contributed by atoms with van der Waals surface area (Å²) in [5.41, 5.74) is 0. The minimum absolute atomic E-state index is 0.638. The van der Waals surface area contributed by atoms with E-state index >= 15 is 0 Å². The highest BCUT2D eigenvalue weighted by Gasteiger charge is 2.12. The van der Waals surface area contributed by atoms with Crippen LogP contribution in [0.25, 0.3) is 0 Å². The van der Waals surface area contributed by atoms with Crippen molar-refractivity contribution in [2.75, 3.05) is 6.54 Å². The van der Waals surface area contributed by atoms with E-state index in [0.717, 1.165) is 12.5 Å². The van der Waals surface area contributed by atoms with Crippen LogP contribution < -0.4 is 5.32 Å². The van der Waals surface area contributed by atoms with Gasteiger partial charge in [-0.25, -0.2) is 0 Å². The van der Waals surface area contributed by atoms with Crippen molar-refractivity contribution in [2.45, 2.75) is 32.7 Å². The van der Waals surface area contributed by atoms with Crippen LogP contribution in [-0.4, -0.2) is 12.6 Å². The van der Waals surface area contributed by atoms with Gasteiger partial charge >= 0.3 is 0 Å². The summed E-state index contributed by atoms with van der Waals surface area (Å²) in [6, 6.07) is 0.638. The smallest absolute Gasteiger partial charge is 0.0275 e. The third-order valence-corrected chi connectivity index (χ3v) is 2.29. The summed E-state index contributed by atoms with van der Waals surface area (Å²) in [7, 11) is 0. The highest BCUT2D eigenvalue weighted by Crippen LogP contribution is 2.11. The first kappa shape index (κ1) is 7.80. The van der Waals surface area contributed by atoms with Gasteiger partial charge in [0.2, 0.25) is 0 Å². The van der Waals surface area contributed by atoms with E-state index < -0.39 is 0 Å². The Kier molecular flexibility index (Phi) is 2.94. The van der Waals surface area contributed by atoms with Crippen molar-refractivity contribution >= 4 is 0 Å². The van der Waals surface area contributed by atoms with Crippen LogP contribution in [0.1, 0.15) is 26.7 Å². The number of hydrogen-bond donors (Lipinski definition) is 1. The lowest BCUT2D eigenvalue weighted by Crippen LogP contribution is -2.35. The molecule has 0 spiro atoms. The van der Waals surface area contributed by atoms with Crippen molar-refractivity contribution in [3.05, 3.63) is 12.2 Å². The molecule has 0 aromatic rings. The molecule has 1 N–H and O–H groups in total. The quantitative estimate of drug-likeness (QED) is 0.577. The molecule has 0 bridgehead atoms. The Hall–Kier alpha value is -0.300. The number of hydrogen-bond acceptors (Lipinski definition) is 1. The molecule has 1 heterocycles. The predicted molar refractivity (Wildman–Crippen MR) is 45.0 cm³/mol. The van der Waals surface area contributed by atoms with Crippen LogP contribution >= 0.6 is 0 Å². The van der Waals surface area contributed by atoms with E-state index in [-0.39, 0.29) is 0 Å². The average molecular weight is 139 g/mol. The molecule has 1 heteroatoms. The first-order valence-electron chi connectivity index (χ1n) is 4.24. The summed E-state index contributed by atoms with van der Waals surface area (Å²) < 4.78 is 0. The van der Waals surface area contributed by atoms with Crippen molar-refractivity contribution in [3.63, 3.8) is 0 Å². The fourth-order valence-electron chi connectivity index (χ4n) is 1.29. The topological polar surface area (TPSA) is 12.0 Å². The maximum atomic E-state index is 3.48. The second-order valence-electron chi connectivity index (χ2n) is 3.08. The maximum absolute atomic E-state index is 3.48. The monoisotopic (exact) mass is 139 g/mol. The summed E-state index contributed by atoms with van der Waals surface area (Å²) in [6.07, 6.45) is 7.06. The maximum Gasteiger partial charge on any atom is 0.0275 e. The van der Waals surface area contributed by atoms with E-state index in [2.05, 4.69) is 31.3 Å². The van der Waals surface area contributed by atoms with Crippen LogP contribution in [0, 0.1) is 5.92 Å². The molecule has 1 rings (SSSR count). The largest absolute Gasteiger partial charge is 0.310 e. The normalized spacial score (nSPS) is 28.4. The highest BCUT2D eigenvalue weighted by atomic mass is 14.9. The van der Waals surface area contributed by atoms with E-state index in [1.165, 1.54) is 12.8 Å². The second-order valence-corrected chi connectivity index (χ2v) is 3.08. The minimum atomic E-state index is 0.638. The van der Waals surface area contributed by atoms with Crippen LogP contribution in [0.4, 0.5) is 0 Å². The predicted octanol–water partition coefficient (Wildman–Crippen LogP) is 1.95. The van der Waals surface area contributed by atoms with E-state index in [0.29, 0.717) is 6.04 Å². The van der Waals surface area contributed by atoms with Crippen LogP contribution in [0.3, 0.4) is 0 Å². The van der Waals surface area contributed by atoms with Gasteiger partial charge in [0.1, 0.15) is 0 Å². The Morgan fingerprint density at radius 1 is 1.70 bits per heavy atom. The first-order chi connectivity index (χ1) is 4.84. The van der Waals surface area contributed by atoms with Gasteiger partial charge in [0.05, 0.1) is 0 Å². The molecule has 10 heavy (non-hydrogen) atoms. The second kappa shape index (κ2) is 3.77. The Balaban J connectivity index is 2.38. The molecule has 0 saturated carbocycles. The molecule has 1 aliphatic rings. The molecule has 0 fully saturated rings. The van der Waals surface area contributed by atoms with Gasteiger partial charge in [0.15, 0.2) is 0 Å². The molecule has 0 amide bonds. The zero-order valence-electron chi connectivity index (χ0n) is 6.93. The first-order valence-corrected chi connectivity index (χ1v) is 4.24. The van der Waals surface area contributed by atoms with Gasteiger partial charge in [-0.05, 0) is 18.9 Å². The van der Waals surface area contributed by atoms with E-state index in [9.17, 15) is 0 Å². The molecular formula is C9H17N. The molecule has 0 radical (unpaired) electrons. The van der Waals surface area contributed by atoms with Gasteiger partial charge < -0.3 is 5.32 Å². The lowest BCUT2D eigenvalue weighted by atomic mass is 9.97. The summed E-state index contributed by atoms with van der Waals surface area (Å²) in [4.78, 5) is 0. The highest BCUT2D eigenvalue weighted by molar-refractivity contribution is 4.99. The van der Waals surface area contributed by atoms with Gasteiger partial charge in [0.25, 0.3) is 0 Å². The third kappa shape index (κ3) is 1.84. The van der Waals surface area contributed by atoms with Crippen LogP contribution in [0.2, 0.25) is 0 Å². The summed E-state index contributed by atoms with van der Waals surface area (Å²) in [6.45, 7) is 5.70. The van der Waals surface area contributed by atoms with Gasteiger partial charge in [0, 0.05) is 6.04 Å². The Bertz CT molecular complexity index is 118. The van der Waals surface area contributed by atoms with Crippen molar-refractivity contribution in [3.8, 4) is 0 Å². The molecular weight excluding hydrogens is 122 g/mol. The molecule has 2 unspecified atom stereocenters. The van der Waals surface area contributed by atoms with E-state index in [4.69, 9.17) is 0 Å². The fourth-order valence-corrected chi connectivity index (χ4v) is 1.29. The standard InChI is InChI=1S/C9H17N/c1-3-8(2)9-6-4-5-7-10-9/h4,6,8-10H,3,5,7H2,1-2H3. The van der Waals surface area contributed by atoms with Crippen LogP contribution in [-0.2, 0) is 0 Å². The fraction of sp³-hybridized carbons (Fsp3) is 0.778. The van der Waals surface area contributed by atoms with Gasteiger partial charge in [-0.15, -0.1) is 0 Å². The zero-order valence-corrected chi connectivity index (χ0v) is 6.93. The molecule has 0 aromatic heterocycles. The van der Waals surface area contributed by atoms with Gasteiger partial charge in [-0.2, -0.15) is 0 Å². The van der Waals surface area contributed by atoms with Gasteiger partial charge in [-0.1, -0.05) is 32.4 Å². The van der Waals surface area contributed by atoms with Crippen LogP contribution in [0.15, 0.2) is 12.2 Å². The lowest BCUT2D eigenvalue weighted by molar-refractivity contribution is 0.416. The number of nitrogens with one attached hydrogen (secondary N) is 1. The lowest BCUT2D eigenvalue weighted by Gasteiger charge is -2.23. The average Bonchev–Trinajstić information content (AvgIpc) is 2.05. The molecule has 0 saturated heterocycles. The molecule has 1 nitrogen and oxygen atoms in total. The summed E-state index contributed by atoms with van der Waals surface area (Å²) in [5.74, 6) is 0.788. The van der Waals surface area contributed by atoms with Crippen molar-refractivity contribution in [1.82, 2.24) is 5.32 Å². The Morgan fingerprint density at radius 3 is 3.00 bits per heavy atom. The number of rotatable bonds is 2. The van der Waals surface area contributed by atoms with Crippen molar-refractivity contribution in [2.24, 2.45) is 5.92 Å². The zero-order chi connectivity index (χ0) is 7.40. The van der Waals surface area contributed by atoms with Crippen LogP contribution in [0.5, 0.6) is 0 Å². The van der Waals surface area contributed by atoms with E-state index in [1.807, 2.05) is 0 Å². The molecule has 1 aliphatic heterocycles. The summed E-state index contributed by atoms with van der Waals surface area (Å²) in [5, 5.41) is 3.48. The molecule has 0 aliphatic carbocycles. The Labute approximate surface area is 63.5 Å². The summed E-state index contributed by atoms with van der Waals surface area (Å²) >= 11 is 0. The van der Waals surface area contributed by atoms with E-state index in [1.54, 1.807) is 0 Å². The third-order valence-electron chi connectivity index (χ3n) is 2.29. The Morgan fingerprint density at radius 2 is 2.50 bits per heavy atom. The molecule has 2 atom stereocenters. The SMILES string of the molecule is CCC(C)C1C=CCCN1. The van der Waals surface area contributed by atoms with Crippen molar-refractivity contribution in [1.29, 1.82) is 0 Å².